The van der Waals surface area contributed by atoms with Crippen LogP contribution < -0.4 is 5.32 Å². The van der Waals surface area contributed by atoms with Crippen molar-refractivity contribution in [1.82, 2.24) is 20.2 Å². The van der Waals surface area contributed by atoms with E-state index in [2.05, 4.69) is 67.7 Å². The number of rotatable bonds is 8. The molecular formula is C37H48N4O4S2. The third-order valence-electron chi connectivity index (χ3n) is 7.99. The number of nitrogens with zero attached hydrogens (tertiary/aromatic N) is 3. The zero-order chi connectivity index (χ0) is 33.6. The van der Waals surface area contributed by atoms with Crippen LogP contribution in [0.25, 0.3) is 31.8 Å². The fourth-order valence-electron chi connectivity index (χ4n) is 5.52. The van der Waals surface area contributed by atoms with Crippen molar-refractivity contribution < 1.29 is 19.0 Å². The number of allylic oxidation sites excluding steroid dienone is 2. The molecule has 2 aliphatic rings. The first-order valence-electron chi connectivity index (χ1n) is 16.4. The van der Waals surface area contributed by atoms with E-state index in [9.17, 15) is 4.79 Å². The minimum Gasteiger partial charge on any atom is -0.443 e. The monoisotopic (exact) mass is 676 g/mol. The quantitative estimate of drug-likeness (QED) is 0.200. The first-order valence-corrected chi connectivity index (χ1v) is 18.1. The van der Waals surface area contributed by atoms with Gasteiger partial charge in [-0.25, -0.2) is 14.8 Å². The highest BCUT2D eigenvalue weighted by Gasteiger charge is 2.29. The Morgan fingerprint density at radius 2 is 1.45 bits per heavy atom. The van der Waals surface area contributed by atoms with Crippen molar-refractivity contribution in [2.75, 3.05) is 40.5 Å². The Bertz CT molecular complexity index is 1740. The Labute approximate surface area is 286 Å². The highest BCUT2D eigenvalue weighted by Crippen LogP contribution is 2.32. The summed E-state index contributed by atoms with van der Waals surface area (Å²) >= 11 is 3.45. The van der Waals surface area contributed by atoms with Crippen LogP contribution in [-0.2, 0) is 27.1 Å². The van der Waals surface area contributed by atoms with E-state index in [0.717, 1.165) is 81.8 Å². The van der Waals surface area contributed by atoms with Crippen LogP contribution in [0.1, 0.15) is 68.6 Å². The number of carbonyl (C=O) groups is 1. The van der Waals surface area contributed by atoms with Gasteiger partial charge in [0.15, 0.2) is 0 Å². The van der Waals surface area contributed by atoms with Gasteiger partial charge in [0.1, 0.15) is 5.60 Å². The standard InChI is InChI=1S/C21H28N2O3S.C16H20N2OS/c1-14-6-8-17(23(13-14)20(24)26-21(2,3)4)15-7-9-18-16(12-15)22-19(27-18)10-11-25-5;1-11-3-5-13(17-10-11)12-4-6-15-14(9-12)18-16(20-15)7-8-19-2/h7-9,12,14H,6,10-11,13H2,1-5H3;4-6,9,11,17H,3,7-8,10H2,1-2H3. The molecule has 0 radical (unpaired) electrons. The highest BCUT2D eigenvalue weighted by molar-refractivity contribution is 7.18. The lowest BCUT2D eigenvalue weighted by molar-refractivity contribution is 0.0327. The van der Waals surface area contributed by atoms with Crippen molar-refractivity contribution in [3.63, 3.8) is 0 Å². The Morgan fingerprint density at radius 3 is 2.00 bits per heavy atom. The number of hydrogen-bond acceptors (Lipinski definition) is 9. The summed E-state index contributed by atoms with van der Waals surface area (Å²) in [5, 5.41) is 5.73. The number of thiazole rings is 2. The van der Waals surface area contributed by atoms with E-state index in [1.54, 1.807) is 41.8 Å². The Hall–Kier alpha value is -3.31. The number of aromatic nitrogens is 2. The third kappa shape index (κ3) is 9.41. The molecule has 2 atom stereocenters. The molecule has 252 valence electrons. The van der Waals surface area contributed by atoms with Crippen molar-refractivity contribution in [3.8, 4) is 0 Å². The maximum atomic E-state index is 12.8. The molecule has 2 aromatic carbocycles. The van der Waals surface area contributed by atoms with Gasteiger partial charge in [-0.2, -0.15) is 0 Å². The van der Waals surface area contributed by atoms with Crippen LogP contribution in [0.15, 0.2) is 48.6 Å². The first kappa shape index (κ1) is 35.0. The van der Waals surface area contributed by atoms with Crippen molar-refractivity contribution in [1.29, 1.82) is 0 Å². The minimum absolute atomic E-state index is 0.292. The summed E-state index contributed by atoms with van der Waals surface area (Å²) in [6.07, 6.45) is 7.95. The van der Waals surface area contributed by atoms with Crippen LogP contribution in [0, 0.1) is 11.8 Å². The van der Waals surface area contributed by atoms with Crippen LogP contribution in [0.5, 0.6) is 0 Å². The first-order chi connectivity index (χ1) is 22.5. The average molecular weight is 677 g/mol. The molecule has 4 aromatic rings. The predicted molar refractivity (Wildman–Crippen MR) is 195 cm³/mol. The second kappa shape index (κ2) is 15.7. The zero-order valence-electron chi connectivity index (χ0n) is 28.7. The molecule has 2 aliphatic heterocycles. The van der Waals surface area contributed by atoms with Gasteiger partial charge in [-0.3, -0.25) is 4.90 Å². The van der Waals surface area contributed by atoms with Gasteiger partial charge >= 0.3 is 6.09 Å². The van der Waals surface area contributed by atoms with Crippen LogP contribution in [-0.4, -0.2) is 67.1 Å². The number of hydrogen-bond donors (Lipinski definition) is 1. The second-order valence-corrected chi connectivity index (χ2v) is 15.7. The molecule has 0 bridgehead atoms. The molecule has 1 amide bonds. The van der Waals surface area contributed by atoms with E-state index in [1.807, 2.05) is 20.8 Å². The number of benzene rings is 2. The van der Waals surface area contributed by atoms with Crippen LogP contribution in [0.2, 0.25) is 0 Å². The molecule has 10 heteroatoms. The van der Waals surface area contributed by atoms with Crippen LogP contribution >= 0.6 is 22.7 Å². The number of amides is 1. The molecule has 6 rings (SSSR count). The molecule has 0 spiro atoms. The summed E-state index contributed by atoms with van der Waals surface area (Å²) in [4.78, 5) is 24.0. The van der Waals surface area contributed by atoms with Crippen molar-refractivity contribution in [2.24, 2.45) is 11.8 Å². The summed E-state index contributed by atoms with van der Waals surface area (Å²) in [6, 6.07) is 12.8. The normalized spacial score (nSPS) is 18.3. The van der Waals surface area contributed by atoms with Gasteiger partial charge in [0.2, 0.25) is 0 Å². The van der Waals surface area contributed by atoms with E-state index in [4.69, 9.17) is 24.2 Å². The molecule has 2 unspecified atom stereocenters. The van der Waals surface area contributed by atoms with Gasteiger partial charge in [0.05, 0.1) is 49.4 Å². The van der Waals surface area contributed by atoms with E-state index in [0.29, 0.717) is 19.1 Å². The molecule has 4 heterocycles. The fourth-order valence-corrected chi connectivity index (χ4v) is 7.38. The molecule has 2 aromatic heterocycles. The van der Waals surface area contributed by atoms with Crippen LogP contribution in [0.3, 0.4) is 0 Å². The number of nitrogens with one attached hydrogen (secondary N) is 1. The Morgan fingerprint density at radius 1 is 0.872 bits per heavy atom. The lowest BCUT2D eigenvalue weighted by Gasteiger charge is -2.33. The predicted octanol–water partition coefficient (Wildman–Crippen LogP) is 8.56. The van der Waals surface area contributed by atoms with E-state index >= 15 is 0 Å². The van der Waals surface area contributed by atoms with Crippen molar-refractivity contribution in [3.05, 3.63) is 69.7 Å². The summed E-state index contributed by atoms with van der Waals surface area (Å²) < 4.78 is 18.3. The summed E-state index contributed by atoms with van der Waals surface area (Å²) in [5.41, 5.74) is 5.95. The molecule has 0 aliphatic carbocycles. The molecule has 0 saturated heterocycles. The second-order valence-electron chi connectivity index (χ2n) is 13.4. The average Bonchev–Trinajstić information content (AvgIpc) is 3.65. The molecule has 1 N–H and O–H groups in total. The highest BCUT2D eigenvalue weighted by atomic mass is 32.1. The van der Waals surface area contributed by atoms with Gasteiger partial charge in [0.25, 0.3) is 0 Å². The van der Waals surface area contributed by atoms with E-state index < -0.39 is 5.60 Å². The van der Waals surface area contributed by atoms with Crippen molar-refractivity contribution in [2.45, 2.75) is 65.9 Å². The van der Waals surface area contributed by atoms with E-state index in [1.165, 1.54) is 16.0 Å². The third-order valence-corrected chi connectivity index (χ3v) is 10.2. The van der Waals surface area contributed by atoms with Gasteiger partial charge < -0.3 is 19.5 Å². The summed E-state index contributed by atoms with van der Waals surface area (Å²) in [5.74, 6) is 1.13. The molecule has 47 heavy (non-hydrogen) atoms. The van der Waals surface area contributed by atoms with Gasteiger partial charge in [-0.1, -0.05) is 38.1 Å². The number of methoxy groups -OCH3 is 2. The number of fused-ring (bicyclic) bond motifs is 2. The smallest absolute Gasteiger partial charge is 0.414 e. The zero-order valence-corrected chi connectivity index (χ0v) is 30.4. The lowest BCUT2D eigenvalue weighted by Crippen LogP contribution is -2.39. The van der Waals surface area contributed by atoms with Crippen LogP contribution in [0.4, 0.5) is 4.79 Å². The lowest BCUT2D eigenvalue weighted by atomic mass is 9.98. The minimum atomic E-state index is -0.516. The van der Waals surface area contributed by atoms with Crippen molar-refractivity contribution >= 4 is 60.6 Å². The topological polar surface area (TPSA) is 85.8 Å². The molecular weight excluding hydrogens is 629 g/mol. The Kier molecular flexibility index (Phi) is 11.7. The number of ether oxygens (including phenoxy) is 3. The largest absolute Gasteiger partial charge is 0.443 e. The maximum Gasteiger partial charge on any atom is 0.414 e. The van der Waals surface area contributed by atoms with E-state index in [-0.39, 0.29) is 6.09 Å². The maximum absolute atomic E-state index is 12.8. The van der Waals surface area contributed by atoms with Gasteiger partial charge in [0, 0.05) is 51.4 Å². The van der Waals surface area contributed by atoms with Gasteiger partial charge in [-0.05, 0) is 75.3 Å². The SMILES string of the molecule is COCCc1nc2cc(C3=CCC(C)CN3)ccc2s1.COCCc1nc2cc(C3=CCC(C)CN3C(=O)OC(C)(C)C)ccc2s1. The van der Waals surface area contributed by atoms with Gasteiger partial charge in [-0.15, -0.1) is 22.7 Å². The molecule has 8 nitrogen and oxygen atoms in total. The Balaban J connectivity index is 0.000000193. The molecule has 0 fully saturated rings. The molecule has 0 saturated carbocycles. The number of carbonyl (C=O) groups excluding carboxylic acids is 1. The fraction of sp³-hybridized carbons (Fsp3) is 0.486. The summed E-state index contributed by atoms with van der Waals surface area (Å²) in [6.45, 7) is 13.2. The summed E-state index contributed by atoms with van der Waals surface area (Å²) in [7, 11) is 3.43.